The molecule has 2 amide bonds. The van der Waals surface area contributed by atoms with Crippen molar-refractivity contribution in [2.75, 3.05) is 10.6 Å². The number of rotatable bonds is 2. The molecule has 2 aromatic carbocycles. The molecule has 0 aliphatic rings. The van der Waals surface area contributed by atoms with Crippen LogP contribution in [-0.4, -0.2) is 6.03 Å². The van der Waals surface area contributed by atoms with Gasteiger partial charge >= 0.3 is 12.2 Å². The zero-order valence-electron chi connectivity index (χ0n) is 10.8. The molecule has 2 rings (SSSR count). The molecule has 0 saturated carbocycles. The maximum Gasteiger partial charge on any atom is 0.417 e. The molecular weight excluding hydrogens is 368 g/mol. The van der Waals surface area contributed by atoms with Gasteiger partial charge in [0.05, 0.1) is 5.56 Å². The lowest BCUT2D eigenvalue weighted by Crippen LogP contribution is -2.20. The highest BCUT2D eigenvalue weighted by atomic mass is 79.9. The van der Waals surface area contributed by atoms with Gasteiger partial charge in [-0.1, -0.05) is 15.9 Å². The molecule has 0 fully saturated rings. The molecule has 22 heavy (non-hydrogen) atoms. The summed E-state index contributed by atoms with van der Waals surface area (Å²) >= 11 is 2.81. The Hall–Kier alpha value is -2.09. The van der Waals surface area contributed by atoms with Gasteiger partial charge in [-0.25, -0.2) is 9.18 Å². The molecular formula is C14H9BrF4N2O. The van der Waals surface area contributed by atoms with Crippen LogP contribution in [0.3, 0.4) is 0 Å². The van der Waals surface area contributed by atoms with Gasteiger partial charge in [0.2, 0.25) is 0 Å². The fourth-order valence-electron chi connectivity index (χ4n) is 1.65. The van der Waals surface area contributed by atoms with Crippen LogP contribution in [0.5, 0.6) is 0 Å². The number of carbonyl (C=O) groups excluding carboxylic acids is 1. The summed E-state index contributed by atoms with van der Waals surface area (Å²) in [5, 5.41) is 4.66. The van der Waals surface area contributed by atoms with Gasteiger partial charge in [-0.15, -0.1) is 0 Å². The Morgan fingerprint density at radius 3 is 2.09 bits per heavy atom. The van der Waals surface area contributed by atoms with Crippen molar-refractivity contribution >= 4 is 33.3 Å². The van der Waals surface area contributed by atoms with E-state index in [4.69, 9.17) is 0 Å². The van der Waals surface area contributed by atoms with E-state index in [0.717, 1.165) is 18.2 Å². The minimum Gasteiger partial charge on any atom is -0.308 e. The average Bonchev–Trinajstić information content (AvgIpc) is 2.42. The minimum absolute atomic E-state index is 0.0184. The van der Waals surface area contributed by atoms with Crippen LogP contribution in [0.1, 0.15) is 5.56 Å². The van der Waals surface area contributed by atoms with Gasteiger partial charge < -0.3 is 10.6 Å². The third-order valence-corrected chi connectivity index (χ3v) is 3.32. The van der Waals surface area contributed by atoms with E-state index in [2.05, 4.69) is 26.6 Å². The van der Waals surface area contributed by atoms with Crippen LogP contribution in [0.15, 0.2) is 46.9 Å². The summed E-state index contributed by atoms with van der Waals surface area (Å²) in [7, 11) is 0. The van der Waals surface area contributed by atoms with Crippen molar-refractivity contribution in [2.45, 2.75) is 6.18 Å². The van der Waals surface area contributed by atoms with Gasteiger partial charge in [-0.2, -0.15) is 13.2 Å². The molecule has 2 aromatic rings. The van der Waals surface area contributed by atoms with Crippen molar-refractivity contribution in [2.24, 2.45) is 0 Å². The molecule has 0 spiro atoms. The topological polar surface area (TPSA) is 41.1 Å². The van der Waals surface area contributed by atoms with Gasteiger partial charge in [0.1, 0.15) is 5.82 Å². The van der Waals surface area contributed by atoms with Crippen molar-refractivity contribution in [3.05, 3.63) is 58.3 Å². The van der Waals surface area contributed by atoms with E-state index in [9.17, 15) is 22.4 Å². The molecule has 0 unspecified atom stereocenters. The summed E-state index contributed by atoms with van der Waals surface area (Å²) < 4.78 is 50.9. The first-order valence-corrected chi connectivity index (χ1v) is 6.75. The van der Waals surface area contributed by atoms with Gasteiger partial charge in [0.15, 0.2) is 0 Å². The molecule has 0 bridgehead atoms. The second-order valence-corrected chi connectivity index (χ2v) is 5.13. The van der Waals surface area contributed by atoms with E-state index in [0.29, 0.717) is 5.69 Å². The monoisotopic (exact) mass is 376 g/mol. The number of carbonyl (C=O) groups is 1. The van der Waals surface area contributed by atoms with Gasteiger partial charge in [0.25, 0.3) is 0 Å². The summed E-state index contributed by atoms with van der Waals surface area (Å²) in [4.78, 5) is 11.7. The number of benzene rings is 2. The predicted octanol–water partition coefficient (Wildman–Crippen LogP) is 5.25. The summed E-state index contributed by atoms with van der Waals surface area (Å²) in [5.41, 5.74) is -0.603. The number of amides is 2. The molecule has 0 heterocycles. The van der Waals surface area contributed by atoms with Crippen molar-refractivity contribution in [1.82, 2.24) is 0 Å². The molecule has 0 aliphatic carbocycles. The summed E-state index contributed by atoms with van der Waals surface area (Å²) in [6.45, 7) is 0. The number of hydrogen-bond donors (Lipinski definition) is 2. The van der Waals surface area contributed by atoms with Crippen LogP contribution in [-0.2, 0) is 6.18 Å². The number of alkyl halides is 3. The van der Waals surface area contributed by atoms with Crippen LogP contribution in [0.25, 0.3) is 0 Å². The van der Waals surface area contributed by atoms with Crippen molar-refractivity contribution in [3.63, 3.8) is 0 Å². The fourth-order valence-corrected chi connectivity index (χ4v) is 2.12. The largest absolute Gasteiger partial charge is 0.417 e. The number of hydrogen-bond acceptors (Lipinski definition) is 1. The van der Waals surface area contributed by atoms with E-state index in [-0.39, 0.29) is 10.2 Å². The highest BCUT2D eigenvalue weighted by Gasteiger charge is 2.33. The first-order chi connectivity index (χ1) is 10.3. The van der Waals surface area contributed by atoms with Crippen LogP contribution >= 0.6 is 15.9 Å². The Morgan fingerprint density at radius 2 is 1.50 bits per heavy atom. The molecule has 2 N–H and O–H groups in total. The lowest BCUT2D eigenvalue weighted by atomic mass is 10.2. The van der Waals surface area contributed by atoms with Gasteiger partial charge in [-0.3, -0.25) is 0 Å². The van der Waals surface area contributed by atoms with Crippen molar-refractivity contribution in [1.29, 1.82) is 0 Å². The zero-order chi connectivity index (χ0) is 16.3. The molecule has 0 aromatic heterocycles. The second kappa shape index (κ2) is 6.35. The molecule has 8 heteroatoms. The van der Waals surface area contributed by atoms with E-state index in [1.54, 1.807) is 0 Å². The van der Waals surface area contributed by atoms with Crippen molar-refractivity contribution in [3.8, 4) is 0 Å². The van der Waals surface area contributed by atoms with E-state index >= 15 is 0 Å². The van der Waals surface area contributed by atoms with E-state index < -0.39 is 23.6 Å². The first kappa shape index (κ1) is 16.3. The predicted molar refractivity (Wildman–Crippen MR) is 78.2 cm³/mol. The standard InChI is InChI=1S/C14H9BrF4N2O/c15-12-6-5-10(7-11(12)14(17,18)19)21-13(22)20-9-3-1-8(16)2-4-9/h1-7H,(H2,20,21,22). The number of urea groups is 1. The van der Waals surface area contributed by atoms with Gasteiger partial charge in [0, 0.05) is 15.8 Å². The maximum absolute atomic E-state index is 12.8. The molecule has 0 aliphatic heterocycles. The Balaban J connectivity index is 2.10. The van der Waals surface area contributed by atoms with Crippen LogP contribution < -0.4 is 10.6 Å². The lowest BCUT2D eigenvalue weighted by molar-refractivity contribution is -0.138. The average molecular weight is 377 g/mol. The smallest absolute Gasteiger partial charge is 0.308 e. The Bertz CT molecular complexity index is 686. The number of halogens is 5. The SMILES string of the molecule is O=C(Nc1ccc(F)cc1)Nc1ccc(Br)c(C(F)(F)F)c1. The molecule has 3 nitrogen and oxygen atoms in total. The third kappa shape index (κ3) is 4.20. The van der Waals surface area contributed by atoms with Crippen LogP contribution in [0.4, 0.5) is 33.7 Å². The molecule has 0 atom stereocenters. The second-order valence-electron chi connectivity index (χ2n) is 4.28. The van der Waals surface area contributed by atoms with E-state index in [1.165, 1.54) is 24.3 Å². The normalized spacial score (nSPS) is 11.1. The lowest BCUT2D eigenvalue weighted by Gasteiger charge is -2.12. The van der Waals surface area contributed by atoms with Gasteiger partial charge in [-0.05, 0) is 42.5 Å². The fraction of sp³-hybridized carbons (Fsp3) is 0.0714. The van der Waals surface area contributed by atoms with Crippen molar-refractivity contribution < 1.29 is 22.4 Å². The Morgan fingerprint density at radius 1 is 0.955 bits per heavy atom. The number of anilines is 2. The third-order valence-electron chi connectivity index (χ3n) is 2.63. The number of nitrogens with one attached hydrogen (secondary N) is 2. The summed E-state index contributed by atoms with van der Waals surface area (Å²) in [6.07, 6.45) is -4.54. The maximum atomic E-state index is 12.8. The first-order valence-electron chi connectivity index (χ1n) is 5.96. The van der Waals surface area contributed by atoms with E-state index in [1.807, 2.05) is 0 Å². The summed E-state index contributed by atoms with van der Waals surface area (Å²) in [5.74, 6) is -0.464. The zero-order valence-corrected chi connectivity index (χ0v) is 12.4. The molecule has 0 saturated heterocycles. The Kier molecular flexibility index (Phi) is 4.70. The Labute approximate surface area is 131 Å². The quantitative estimate of drug-likeness (QED) is 0.690. The van der Waals surface area contributed by atoms with Crippen LogP contribution in [0.2, 0.25) is 0 Å². The minimum atomic E-state index is -4.54. The highest BCUT2D eigenvalue weighted by Crippen LogP contribution is 2.36. The van der Waals surface area contributed by atoms with Crippen LogP contribution in [0, 0.1) is 5.82 Å². The highest BCUT2D eigenvalue weighted by molar-refractivity contribution is 9.10. The molecule has 116 valence electrons. The molecule has 0 radical (unpaired) electrons. The summed E-state index contributed by atoms with van der Waals surface area (Å²) in [6, 6.07) is 7.55.